The number of benzene rings is 1. The van der Waals surface area contributed by atoms with E-state index in [-0.39, 0.29) is 6.04 Å². The molecule has 27 heavy (non-hydrogen) atoms. The minimum Gasteiger partial charge on any atom is -0.341 e. The van der Waals surface area contributed by atoms with Crippen LogP contribution in [-0.4, -0.2) is 33.5 Å². The first kappa shape index (κ1) is 17.4. The smallest absolute Gasteiger partial charge is 0.120 e. The Morgan fingerprint density at radius 2 is 2.22 bits per heavy atom. The molecule has 0 fully saturated rings. The summed E-state index contributed by atoms with van der Waals surface area (Å²) in [7, 11) is 3.83. The Morgan fingerprint density at radius 3 is 3.04 bits per heavy atom. The highest BCUT2D eigenvalue weighted by Crippen LogP contribution is 2.18. The molecule has 0 spiro atoms. The summed E-state index contributed by atoms with van der Waals surface area (Å²) in [6.07, 6.45) is 8.60. The summed E-state index contributed by atoms with van der Waals surface area (Å²) in [6, 6.07) is 10.4. The first-order chi connectivity index (χ1) is 13.2. The second kappa shape index (κ2) is 7.69. The van der Waals surface area contributed by atoms with Crippen LogP contribution in [0.1, 0.15) is 17.7 Å². The SMILES string of the molecule is CNNC1CC=C(c2cn(C)cn2)NC1=NCc1ccc2ncccc2c1. The van der Waals surface area contributed by atoms with Crippen LogP contribution in [0.15, 0.2) is 60.1 Å². The maximum absolute atomic E-state index is 4.85. The number of hydrogen-bond donors (Lipinski definition) is 3. The highest BCUT2D eigenvalue weighted by atomic mass is 15.4. The Labute approximate surface area is 158 Å². The van der Waals surface area contributed by atoms with Crippen molar-refractivity contribution in [2.75, 3.05) is 7.05 Å². The van der Waals surface area contributed by atoms with E-state index in [4.69, 9.17) is 4.99 Å². The molecule has 0 saturated carbocycles. The van der Waals surface area contributed by atoms with Gasteiger partial charge in [0.1, 0.15) is 11.5 Å². The number of fused-ring (bicyclic) bond motifs is 1. The van der Waals surface area contributed by atoms with Crippen molar-refractivity contribution >= 4 is 22.4 Å². The number of imidazole rings is 1. The lowest BCUT2D eigenvalue weighted by molar-refractivity contribution is 0.535. The number of aromatic nitrogens is 3. The number of amidine groups is 1. The molecule has 138 valence electrons. The summed E-state index contributed by atoms with van der Waals surface area (Å²) in [6.45, 7) is 0.602. The molecule has 4 rings (SSSR count). The van der Waals surface area contributed by atoms with Gasteiger partial charge in [-0.3, -0.25) is 15.4 Å². The van der Waals surface area contributed by atoms with Crippen molar-refractivity contribution in [3.05, 3.63) is 66.4 Å². The van der Waals surface area contributed by atoms with E-state index in [9.17, 15) is 0 Å². The summed E-state index contributed by atoms with van der Waals surface area (Å²) in [5.74, 6) is 0.902. The first-order valence-electron chi connectivity index (χ1n) is 8.99. The van der Waals surface area contributed by atoms with Crippen LogP contribution in [0, 0.1) is 0 Å². The van der Waals surface area contributed by atoms with Gasteiger partial charge in [0.15, 0.2) is 0 Å². The van der Waals surface area contributed by atoms with E-state index in [1.165, 1.54) is 0 Å². The molecule has 7 heteroatoms. The Balaban J connectivity index is 1.57. The van der Waals surface area contributed by atoms with E-state index in [0.717, 1.165) is 40.1 Å². The van der Waals surface area contributed by atoms with Gasteiger partial charge in [-0.1, -0.05) is 18.2 Å². The van der Waals surface area contributed by atoms with Crippen LogP contribution >= 0.6 is 0 Å². The highest BCUT2D eigenvalue weighted by Gasteiger charge is 2.21. The number of rotatable bonds is 5. The molecule has 0 radical (unpaired) electrons. The molecule has 0 amide bonds. The van der Waals surface area contributed by atoms with Crippen LogP contribution in [-0.2, 0) is 13.6 Å². The number of aryl methyl sites for hydroxylation is 1. The summed E-state index contributed by atoms with van der Waals surface area (Å²) in [5, 5.41) is 4.58. The standard InChI is InChI=1S/C20H23N7/c1-21-26-18-8-7-17(19-12-27(2)13-24-19)25-20(18)23-11-14-5-6-16-15(10-14)4-3-9-22-16/h3-7,9-10,12-13,18,21,26H,8,11H2,1-2H3,(H,23,25). The number of hydrazine groups is 1. The Morgan fingerprint density at radius 1 is 1.30 bits per heavy atom. The lowest BCUT2D eigenvalue weighted by Gasteiger charge is -2.26. The predicted octanol–water partition coefficient (Wildman–Crippen LogP) is 1.99. The molecule has 0 saturated heterocycles. The first-order valence-corrected chi connectivity index (χ1v) is 8.99. The van der Waals surface area contributed by atoms with Crippen molar-refractivity contribution in [2.24, 2.45) is 12.0 Å². The molecular formula is C20H23N7. The van der Waals surface area contributed by atoms with E-state index in [1.54, 1.807) is 6.33 Å². The number of nitrogens with one attached hydrogen (secondary N) is 3. The van der Waals surface area contributed by atoms with Crippen molar-refractivity contribution in [1.29, 1.82) is 0 Å². The fourth-order valence-electron chi connectivity index (χ4n) is 3.20. The molecule has 1 aromatic carbocycles. The molecule has 3 heterocycles. The third-order valence-corrected chi connectivity index (χ3v) is 4.55. The maximum Gasteiger partial charge on any atom is 0.120 e. The number of pyridine rings is 1. The van der Waals surface area contributed by atoms with Gasteiger partial charge in [-0.15, -0.1) is 0 Å². The van der Waals surface area contributed by atoms with E-state index >= 15 is 0 Å². The van der Waals surface area contributed by atoms with Crippen LogP contribution in [0.5, 0.6) is 0 Å². The minimum atomic E-state index is 0.0876. The third kappa shape index (κ3) is 3.89. The van der Waals surface area contributed by atoms with Crippen molar-refractivity contribution in [2.45, 2.75) is 19.0 Å². The molecular weight excluding hydrogens is 338 g/mol. The van der Waals surface area contributed by atoms with Gasteiger partial charge in [0.05, 0.1) is 30.1 Å². The lowest BCUT2D eigenvalue weighted by atomic mass is 10.1. The van der Waals surface area contributed by atoms with Gasteiger partial charge in [0, 0.05) is 24.8 Å². The number of aliphatic imine (C=N–C) groups is 1. The third-order valence-electron chi connectivity index (χ3n) is 4.55. The molecule has 0 bridgehead atoms. The van der Waals surface area contributed by atoms with Gasteiger partial charge in [-0.05, 0) is 37.2 Å². The number of nitrogens with zero attached hydrogens (tertiary/aromatic N) is 4. The Kier molecular flexibility index (Phi) is 4.95. The second-order valence-corrected chi connectivity index (χ2v) is 6.58. The van der Waals surface area contributed by atoms with Gasteiger partial charge < -0.3 is 9.88 Å². The average molecular weight is 361 g/mol. The van der Waals surface area contributed by atoms with Gasteiger partial charge in [-0.25, -0.2) is 10.4 Å². The highest BCUT2D eigenvalue weighted by molar-refractivity contribution is 5.96. The molecule has 1 aliphatic heterocycles. The fraction of sp³-hybridized carbons (Fsp3) is 0.250. The summed E-state index contributed by atoms with van der Waals surface area (Å²) < 4.78 is 1.94. The molecule has 7 nitrogen and oxygen atoms in total. The molecule has 3 N–H and O–H groups in total. The summed E-state index contributed by atoms with van der Waals surface area (Å²) in [5.41, 5.74) is 10.3. The van der Waals surface area contributed by atoms with Gasteiger partial charge >= 0.3 is 0 Å². The lowest BCUT2D eigenvalue weighted by Crippen LogP contribution is -2.50. The minimum absolute atomic E-state index is 0.0876. The van der Waals surface area contributed by atoms with Crippen LogP contribution in [0.2, 0.25) is 0 Å². The summed E-state index contributed by atoms with van der Waals surface area (Å²) >= 11 is 0. The Bertz CT molecular complexity index is 1000. The zero-order valence-corrected chi connectivity index (χ0v) is 15.5. The summed E-state index contributed by atoms with van der Waals surface area (Å²) in [4.78, 5) is 13.7. The van der Waals surface area contributed by atoms with Crippen LogP contribution in [0.3, 0.4) is 0 Å². The van der Waals surface area contributed by atoms with Crippen molar-refractivity contribution < 1.29 is 0 Å². The molecule has 1 unspecified atom stereocenters. The number of hydrogen-bond acceptors (Lipinski definition) is 5. The quantitative estimate of drug-likeness (QED) is 0.606. The van der Waals surface area contributed by atoms with Gasteiger partial charge in [0.25, 0.3) is 0 Å². The molecule has 3 aromatic rings. The fourth-order valence-corrected chi connectivity index (χ4v) is 3.20. The van der Waals surface area contributed by atoms with Crippen molar-refractivity contribution in [3.63, 3.8) is 0 Å². The molecule has 1 atom stereocenters. The van der Waals surface area contributed by atoms with Crippen LogP contribution < -0.4 is 16.2 Å². The normalized spacial score (nSPS) is 18.5. The topological polar surface area (TPSA) is 79.2 Å². The monoisotopic (exact) mass is 361 g/mol. The largest absolute Gasteiger partial charge is 0.341 e. The predicted molar refractivity (Wildman–Crippen MR) is 108 cm³/mol. The average Bonchev–Trinajstić information content (AvgIpc) is 3.13. The van der Waals surface area contributed by atoms with E-state index in [1.807, 2.05) is 43.2 Å². The van der Waals surface area contributed by atoms with E-state index in [2.05, 4.69) is 50.4 Å². The second-order valence-electron chi connectivity index (χ2n) is 6.58. The van der Waals surface area contributed by atoms with Gasteiger partial charge in [-0.2, -0.15) is 0 Å². The van der Waals surface area contributed by atoms with Gasteiger partial charge in [0.2, 0.25) is 0 Å². The molecule has 2 aromatic heterocycles. The Hall–Kier alpha value is -3.03. The zero-order chi connectivity index (χ0) is 18.6. The molecule has 0 aliphatic carbocycles. The van der Waals surface area contributed by atoms with Crippen molar-refractivity contribution in [1.82, 2.24) is 30.7 Å². The zero-order valence-electron chi connectivity index (χ0n) is 15.5. The van der Waals surface area contributed by atoms with Crippen LogP contribution in [0.4, 0.5) is 0 Å². The van der Waals surface area contributed by atoms with E-state index < -0.39 is 0 Å². The van der Waals surface area contributed by atoms with Crippen molar-refractivity contribution in [3.8, 4) is 0 Å². The van der Waals surface area contributed by atoms with Crippen LogP contribution in [0.25, 0.3) is 16.6 Å². The van der Waals surface area contributed by atoms with E-state index in [0.29, 0.717) is 6.54 Å². The molecule has 1 aliphatic rings. The maximum atomic E-state index is 4.85.